The van der Waals surface area contributed by atoms with Crippen molar-refractivity contribution in [2.24, 2.45) is 5.92 Å². The van der Waals surface area contributed by atoms with Crippen LogP contribution in [0.1, 0.15) is 74.4 Å². The van der Waals surface area contributed by atoms with E-state index in [1.54, 1.807) is 0 Å². The molecule has 1 aliphatic heterocycles. The predicted octanol–water partition coefficient (Wildman–Crippen LogP) is 6.58. The first-order valence-corrected chi connectivity index (χ1v) is 16.5. The number of nitrogens with one attached hydrogen (secondary N) is 1. The first-order chi connectivity index (χ1) is 22.6. The van der Waals surface area contributed by atoms with E-state index in [-0.39, 0.29) is 17.6 Å². The lowest BCUT2D eigenvalue weighted by atomic mass is 9.88. The molecule has 0 saturated carbocycles. The summed E-state index contributed by atoms with van der Waals surface area (Å²) in [5, 5.41) is 14.6. The number of hydrogen-bond donors (Lipinski definition) is 1. The van der Waals surface area contributed by atoms with Crippen molar-refractivity contribution in [2.45, 2.75) is 77.8 Å². The first-order valence-electron chi connectivity index (χ1n) is 16.5. The van der Waals surface area contributed by atoms with Crippen LogP contribution in [0.25, 0.3) is 22.5 Å². The molecule has 0 bridgehead atoms. The smallest absolute Gasteiger partial charge is 0.311 e. The van der Waals surface area contributed by atoms with Crippen molar-refractivity contribution in [3.63, 3.8) is 0 Å². The van der Waals surface area contributed by atoms with Gasteiger partial charge in [0.25, 0.3) is 5.56 Å². The van der Waals surface area contributed by atoms with Gasteiger partial charge in [0.05, 0.1) is 18.6 Å². The highest BCUT2D eigenvalue weighted by Gasteiger charge is 2.37. The maximum absolute atomic E-state index is 14.5. The topological polar surface area (TPSA) is 108 Å². The van der Waals surface area contributed by atoms with Gasteiger partial charge >= 0.3 is 5.97 Å². The van der Waals surface area contributed by atoms with Gasteiger partial charge in [-0.2, -0.15) is 5.21 Å². The molecule has 2 unspecified atom stereocenters. The number of carbonyl (C=O) groups excluding carboxylic acids is 1. The number of nitrogens with zero attached hydrogens (tertiary/aromatic N) is 5. The van der Waals surface area contributed by atoms with E-state index in [0.717, 1.165) is 84.1 Å². The van der Waals surface area contributed by atoms with Gasteiger partial charge in [-0.05, 0) is 66.5 Å². The molecule has 5 aromatic rings. The molecule has 0 amide bonds. The average Bonchev–Trinajstić information content (AvgIpc) is 3.72. The summed E-state index contributed by atoms with van der Waals surface area (Å²) in [5.41, 5.74) is 7.06. The molecule has 3 heterocycles. The van der Waals surface area contributed by atoms with E-state index in [1.807, 2.05) is 60.1 Å². The molecule has 1 aliphatic rings. The summed E-state index contributed by atoms with van der Waals surface area (Å²) in [7, 11) is 0. The van der Waals surface area contributed by atoms with Crippen LogP contribution in [0.5, 0.6) is 0 Å². The lowest BCUT2D eigenvalue weighted by Gasteiger charge is -2.33. The zero-order valence-electron chi connectivity index (χ0n) is 26.7. The molecular formula is C37H42N6O3. The molecule has 9 heteroatoms. The third kappa shape index (κ3) is 6.59. The number of rotatable bonds is 13. The number of fused-ring (bicyclic) bond motifs is 1. The van der Waals surface area contributed by atoms with Crippen LogP contribution in [-0.2, 0) is 35.3 Å². The maximum atomic E-state index is 14.5. The number of esters is 1. The van der Waals surface area contributed by atoms with E-state index in [0.29, 0.717) is 25.3 Å². The van der Waals surface area contributed by atoms with E-state index in [1.165, 1.54) is 0 Å². The quantitative estimate of drug-likeness (QED) is 0.118. The number of aromatic amines is 1. The highest BCUT2D eigenvalue weighted by atomic mass is 16.5. The van der Waals surface area contributed by atoms with Gasteiger partial charge < -0.3 is 4.74 Å². The number of benzene rings is 3. The van der Waals surface area contributed by atoms with Crippen LogP contribution in [-0.4, -0.2) is 42.6 Å². The number of H-pyrrole nitrogens is 1. The zero-order valence-corrected chi connectivity index (χ0v) is 26.7. The van der Waals surface area contributed by atoms with E-state index in [4.69, 9.17) is 4.74 Å². The van der Waals surface area contributed by atoms with Crippen molar-refractivity contribution in [1.29, 1.82) is 0 Å². The van der Waals surface area contributed by atoms with Crippen LogP contribution >= 0.6 is 0 Å². The molecule has 3 aromatic carbocycles. The van der Waals surface area contributed by atoms with Crippen molar-refractivity contribution in [3.05, 3.63) is 112 Å². The van der Waals surface area contributed by atoms with Crippen molar-refractivity contribution < 1.29 is 9.53 Å². The Bertz CT molecular complexity index is 1790. The van der Waals surface area contributed by atoms with Crippen molar-refractivity contribution in [2.75, 3.05) is 6.61 Å². The van der Waals surface area contributed by atoms with Crippen LogP contribution in [0.15, 0.2) is 83.7 Å². The van der Waals surface area contributed by atoms with Crippen LogP contribution in [0.3, 0.4) is 0 Å². The van der Waals surface area contributed by atoms with Crippen molar-refractivity contribution in [3.8, 4) is 22.5 Å². The predicted molar refractivity (Wildman–Crippen MR) is 178 cm³/mol. The molecule has 46 heavy (non-hydrogen) atoms. The molecule has 0 fully saturated rings. The number of aromatic nitrogens is 6. The minimum atomic E-state index is -0.441. The fraction of sp³-hybridized carbons (Fsp3) is 0.378. The van der Waals surface area contributed by atoms with E-state index in [2.05, 4.69) is 62.6 Å². The van der Waals surface area contributed by atoms with Gasteiger partial charge in [0, 0.05) is 29.8 Å². The molecule has 0 radical (unpaired) electrons. The van der Waals surface area contributed by atoms with Gasteiger partial charge in [0.1, 0.15) is 0 Å². The lowest BCUT2D eigenvalue weighted by Crippen LogP contribution is -2.40. The molecule has 9 nitrogen and oxygen atoms in total. The van der Waals surface area contributed by atoms with Gasteiger partial charge in [0.2, 0.25) is 5.82 Å². The van der Waals surface area contributed by atoms with E-state index in [9.17, 15) is 9.59 Å². The first kappa shape index (κ1) is 31.2. The van der Waals surface area contributed by atoms with E-state index >= 15 is 0 Å². The normalized spacial score (nSPS) is 15.0. The Kier molecular flexibility index (Phi) is 9.86. The Morgan fingerprint density at radius 3 is 2.43 bits per heavy atom. The van der Waals surface area contributed by atoms with Gasteiger partial charge in [-0.3, -0.25) is 14.3 Å². The third-order valence-corrected chi connectivity index (χ3v) is 9.10. The number of unbranched alkanes of at least 4 members (excludes halogenated alkanes) is 2. The summed E-state index contributed by atoms with van der Waals surface area (Å²) in [6.45, 7) is 5.13. The summed E-state index contributed by atoms with van der Waals surface area (Å²) < 4.78 is 9.72. The Balaban J connectivity index is 1.35. The second-order valence-electron chi connectivity index (χ2n) is 12.1. The monoisotopic (exact) mass is 618 g/mol. The maximum Gasteiger partial charge on any atom is 0.311 e. The minimum absolute atomic E-state index is 0.0186. The summed E-state index contributed by atoms with van der Waals surface area (Å²) in [5.74, 6) is -0.126. The second kappa shape index (κ2) is 14.5. The molecule has 2 atom stereocenters. The summed E-state index contributed by atoms with van der Waals surface area (Å²) >= 11 is 0. The Morgan fingerprint density at radius 2 is 1.72 bits per heavy atom. The molecule has 0 spiro atoms. The molecule has 6 rings (SSSR count). The fourth-order valence-corrected chi connectivity index (χ4v) is 6.88. The number of hydrogen-bond acceptors (Lipinski definition) is 6. The van der Waals surface area contributed by atoms with Crippen molar-refractivity contribution in [1.82, 2.24) is 30.0 Å². The van der Waals surface area contributed by atoms with Gasteiger partial charge in [-0.25, -0.2) is 4.68 Å². The van der Waals surface area contributed by atoms with Crippen LogP contribution in [0.2, 0.25) is 0 Å². The molecular weight excluding hydrogens is 576 g/mol. The minimum Gasteiger partial charge on any atom is -0.466 e. The van der Waals surface area contributed by atoms with Crippen LogP contribution < -0.4 is 5.56 Å². The molecule has 238 valence electrons. The number of ether oxygens (including phenoxy) is 1. The van der Waals surface area contributed by atoms with Crippen molar-refractivity contribution >= 4 is 5.97 Å². The lowest BCUT2D eigenvalue weighted by molar-refractivity contribution is -0.150. The van der Waals surface area contributed by atoms with Gasteiger partial charge in [-0.1, -0.05) is 98.6 Å². The van der Waals surface area contributed by atoms with Crippen LogP contribution in [0.4, 0.5) is 0 Å². The fourth-order valence-electron chi connectivity index (χ4n) is 6.88. The number of tetrazole rings is 1. The molecule has 2 aromatic heterocycles. The zero-order chi connectivity index (χ0) is 31.9. The van der Waals surface area contributed by atoms with E-state index < -0.39 is 5.92 Å². The van der Waals surface area contributed by atoms with Gasteiger partial charge in [0.15, 0.2) is 0 Å². The Hall–Kier alpha value is -4.79. The highest BCUT2D eigenvalue weighted by Crippen LogP contribution is 2.34. The third-order valence-electron chi connectivity index (χ3n) is 9.10. The Labute approximate surface area is 269 Å². The summed E-state index contributed by atoms with van der Waals surface area (Å²) in [6, 6.07) is 26.2. The highest BCUT2D eigenvalue weighted by molar-refractivity contribution is 5.80. The molecule has 0 saturated heterocycles. The Morgan fingerprint density at radius 1 is 0.957 bits per heavy atom. The SMILES string of the molecule is CCCCCc1c(Cc2ccc(-c3ccccc3-c3nn[nH]n3)cc2)c(=O)n2n1CCCC2C(Cc1ccccc1)C(=O)OCC. The second-order valence-corrected chi connectivity index (χ2v) is 12.1. The number of carbonyl (C=O) groups is 1. The average molecular weight is 619 g/mol. The summed E-state index contributed by atoms with van der Waals surface area (Å²) in [6.07, 6.45) is 6.84. The molecule has 1 N–H and O–H groups in total. The van der Waals surface area contributed by atoms with Crippen LogP contribution in [0, 0.1) is 5.92 Å². The largest absolute Gasteiger partial charge is 0.466 e. The van der Waals surface area contributed by atoms with Gasteiger partial charge in [-0.15, -0.1) is 10.2 Å². The summed E-state index contributed by atoms with van der Waals surface area (Å²) in [4.78, 5) is 27.9. The molecule has 0 aliphatic carbocycles. The standard InChI is InChI=1S/C37H42N6O3/c1-3-5-7-17-33-31(24-27-19-21-28(22-20-27)29-15-10-11-16-30(29)35-38-40-41-39-35)36(44)43-34(18-12-23-42(33)43)32(37(45)46-4-2)25-26-13-8-6-9-14-26/h6,8-11,13-16,19-22,32,34H,3-5,7,12,17-18,23-25H2,1-2H3,(H,38,39,40,41).